The summed E-state index contributed by atoms with van der Waals surface area (Å²) in [7, 11) is 1.89. The van der Waals surface area contributed by atoms with Crippen molar-refractivity contribution in [2.24, 2.45) is 7.05 Å². The molecule has 1 saturated heterocycles. The van der Waals surface area contributed by atoms with E-state index in [-0.39, 0.29) is 11.9 Å². The molecule has 9 nitrogen and oxygen atoms in total. The number of ether oxygens (including phenoxy) is 1. The fraction of sp³-hybridized carbons (Fsp3) is 0.480. The number of nitrogens with zero attached hydrogens (tertiary/aromatic N) is 6. The van der Waals surface area contributed by atoms with Gasteiger partial charge in [0.2, 0.25) is 0 Å². The van der Waals surface area contributed by atoms with Crippen molar-refractivity contribution in [1.82, 2.24) is 24.6 Å². The summed E-state index contributed by atoms with van der Waals surface area (Å²) in [5.41, 5.74) is 3.77. The third-order valence-corrected chi connectivity index (χ3v) is 6.58. The van der Waals surface area contributed by atoms with Gasteiger partial charge in [0.15, 0.2) is 5.65 Å². The summed E-state index contributed by atoms with van der Waals surface area (Å²) in [5.74, 6) is 0.925. The van der Waals surface area contributed by atoms with Gasteiger partial charge in [0.05, 0.1) is 28.8 Å². The number of fused-ring (bicyclic) bond motifs is 1. The van der Waals surface area contributed by atoms with Gasteiger partial charge in [-0.15, -0.1) is 0 Å². The quantitative estimate of drug-likeness (QED) is 0.538. The molecule has 1 aliphatic carbocycles. The van der Waals surface area contributed by atoms with E-state index in [0.717, 1.165) is 54.0 Å². The molecule has 0 unspecified atom stereocenters. The maximum Gasteiger partial charge on any atom is 0.339 e. The summed E-state index contributed by atoms with van der Waals surface area (Å²) < 4.78 is 6.82. The monoisotopic (exact) mass is 462 g/mol. The van der Waals surface area contributed by atoms with Crippen molar-refractivity contribution in [3.8, 4) is 0 Å². The zero-order chi connectivity index (χ0) is 23.8. The van der Waals surface area contributed by atoms with Gasteiger partial charge in [0.1, 0.15) is 5.82 Å². The molecule has 0 radical (unpaired) electrons. The van der Waals surface area contributed by atoms with Gasteiger partial charge in [0, 0.05) is 51.0 Å². The maximum absolute atomic E-state index is 13.7. The number of pyridine rings is 2. The van der Waals surface area contributed by atoms with Gasteiger partial charge in [-0.25, -0.2) is 14.8 Å². The van der Waals surface area contributed by atoms with Crippen molar-refractivity contribution >= 4 is 28.7 Å². The van der Waals surface area contributed by atoms with Crippen LogP contribution >= 0.6 is 0 Å². The van der Waals surface area contributed by atoms with Gasteiger partial charge in [0.25, 0.3) is 5.91 Å². The van der Waals surface area contributed by atoms with Crippen LogP contribution in [-0.2, 0) is 11.8 Å². The highest BCUT2D eigenvalue weighted by atomic mass is 16.5. The van der Waals surface area contributed by atoms with E-state index in [1.165, 1.54) is 0 Å². The number of carbonyl (C=O) groups excluding carboxylic acids is 2. The van der Waals surface area contributed by atoms with Crippen molar-refractivity contribution in [2.75, 3.05) is 37.7 Å². The normalized spacial score (nSPS) is 16.6. The minimum Gasteiger partial charge on any atom is -0.462 e. The highest BCUT2D eigenvalue weighted by molar-refractivity contribution is 6.06. The predicted octanol–water partition coefficient (Wildman–Crippen LogP) is 3.08. The summed E-state index contributed by atoms with van der Waals surface area (Å²) in [6, 6.07) is 5.58. The van der Waals surface area contributed by atoms with Crippen molar-refractivity contribution in [3.63, 3.8) is 0 Å². The van der Waals surface area contributed by atoms with Gasteiger partial charge in [-0.3, -0.25) is 9.48 Å². The summed E-state index contributed by atoms with van der Waals surface area (Å²) in [4.78, 5) is 39.0. The molecule has 0 atom stereocenters. The van der Waals surface area contributed by atoms with Crippen LogP contribution in [0.5, 0.6) is 0 Å². The lowest BCUT2D eigenvalue weighted by molar-refractivity contribution is 0.0525. The van der Waals surface area contributed by atoms with Crippen LogP contribution in [0.1, 0.15) is 64.2 Å². The van der Waals surface area contributed by atoms with Crippen LogP contribution in [-0.4, -0.2) is 69.3 Å². The van der Waals surface area contributed by atoms with Crippen LogP contribution in [0.2, 0.25) is 0 Å². The van der Waals surface area contributed by atoms with Crippen LogP contribution in [0, 0.1) is 6.92 Å². The number of hydrogen-bond acceptors (Lipinski definition) is 7. The molecule has 0 N–H and O–H groups in total. The number of aromatic nitrogens is 4. The Morgan fingerprint density at radius 3 is 2.68 bits per heavy atom. The number of amides is 1. The second-order valence-corrected chi connectivity index (χ2v) is 9.03. The van der Waals surface area contributed by atoms with Crippen LogP contribution < -0.4 is 4.90 Å². The molecule has 1 saturated carbocycles. The molecule has 34 heavy (non-hydrogen) atoms. The minimum atomic E-state index is -0.367. The molecule has 2 aliphatic rings. The Balaban J connectivity index is 1.35. The number of hydrogen-bond donors (Lipinski definition) is 0. The van der Waals surface area contributed by atoms with Crippen LogP contribution in [0.3, 0.4) is 0 Å². The van der Waals surface area contributed by atoms with E-state index in [0.29, 0.717) is 43.3 Å². The first-order valence-electron chi connectivity index (χ1n) is 12.0. The molecule has 5 rings (SSSR count). The standard InChI is InChI=1S/C25H30N6O3/c1-4-34-25(33)18-8-9-21(26-15-18)30-10-5-11-31(13-12-30)24(32)19-14-20(17-6-7-17)27-23-22(19)16(2)28-29(23)3/h8-9,14-15,17H,4-7,10-13H2,1-3H3. The third kappa shape index (κ3) is 4.22. The predicted molar refractivity (Wildman–Crippen MR) is 128 cm³/mol. The fourth-order valence-electron chi connectivity index (χ4n) is 4.65. The van der Waals surface area contributed by atoms with Crippen molar-refractivity contribution in [1.29, 1.82) is 0 Å². The number of aryl methyl sites for hydroxylation is 2. The number of anilines is 1. The van der Waals surface area contributed by atoms with E-state index >= 15 is 0 Å². The minimum absolute atomic E-state index is 0.0397. The van der Waals surface area contributed by atoms with Gasteiger partial charge >= 0.3 is 5.97 Å². The van der Waals surface area contributed by atoms with Gasteiger partial charge in [-0.05, 0) is 51.3 Å². The van der Waals surface area contributed by atoms with Crippen LogP contribution in [0.4, 0.5) is 5.82 Å². The van der Waals surface area contributed by atoms with Gasteiger partial charge < -0.3 is 14.5 Å². The topological polar surface area (TPSA) is 93.5 Å². The van der Waals surface area contributed by atoms with E-state index in [9.17, 15) is 9.59 Å². The second kappa shape index (κ2) is 9.04. The van der Waals surface area contributed by atoms with E-state index in [1.54, 1.807) is 23.9 Å². The number of rotatable bonds is 5. The average Bonchev–Trinajstić information content (AvgIpc) is 3.67. The van der Waals surface area contributed by atoms with Gasteiger partial charge in [-0.2, -0.15) is 5.10 Å². The van der Waals surface area contributed by atoms with Crippen molar-refractivity contribution in [2.45, 2.75) is 39.0 Å². The average molecular weight is 463 g/mol. The Morgan fingerprint density at radius 2 is 1.97 bits per heavy atom. The van der Waals surface area contributed by atoms with Crippen molar-refractivity contribution < 1.29 is 14.3 Å². The zero-order valence-electron chi connectivity index (χ0n) is 20.0. The Labute approximate surface area is 198 Å². The number of carbonyl (C=O) groups is 2. The molecule has 4 heterocycles. The summed E-state index contributed by atoms with van der Waals surface area (Å²) in [5, 5.41) is 5.39. The summed E-state index contributed by atoms with van der Waals surface area (Å²) in [6.07, 6.45) is 4.65. The lowest BCUT2D eigenvalue weighted by atomic mass is 10.1. The first kappa shape index (κ1) is 22.3. The largest absolute Gasteiger partial charge is 0.462 e. The van der Waals surface area contributed by atoms with E-state index in [1.807, 2.05) is 31.0 Å². The molecule has 0 bridgehead atoms. The molecule has 3 aromatic rings. The van der Waals surface area contributed by atoms with E-state index < -0.39 is 0 Å². The first-order chi connectivity index (χ1) is 16.5. The Kier molecular flexibility index (Phi) is 5.93. The lowest BCUT2D eigenvalue weighted by Gasteiger charge is -2.23. The van der Waals surface area contributed by atoms with Crippen molar-refractivity contribution in [3.05, 3.63) is 46.9 Å². The lowest BCUT2D eigenvalue weighted by Crippen LogP contribution is -2.35. The Bertz CT molecular complexity index is 1230. The highest BCUT2D eigenvalue weighted by Gasteiger charge is 2.30. The Hall–Kier alpha value is -3.49. The fourth-order valence-corrected chi connectivity index (χ4v) is 4.65. The van der Waals surface area contributed by atoms with E-state index in [4.69, 9.17) is 9.72 Å². The maximum atomic E-state index is 13.7. The third-order valence-electron chi connectivity index (χ3n) is 6.58. The van der Waals surface area contributed by atoms with E-state index in [2.05, 4.69) is 15.0 Å². The zero-order valence-corrected chi connectivity index (χ0v) is 20.0. The molecule has 1 aliphatic heterocycles. The molecule has 178 valence electrons. The summed E-state index contributed by atoms with van der Waals surface area (Å²) >= 11 is 0. The van der Waals surface area contributed by atoms with Gasteiger partial charge in [-0.1, -0.05) is 0 Å². The SMILES string of the molecule is CCOC(=O)c1ccc(N2CCCN(C(=O)c3cc(C4CC4)nc4c3c(C)nn4C)CC2)nc1. The highest BCUT2D eigenvalue weighted by Crippen LogP contribution is 2.40. The molecule has 3 aromatic heterocycles. The number of esters is 1. The summed E-state index contributed by atoms with van der Waals surface area (Å²) in [6.45, 7) is 6.80. The molecule has 1 amide bonds. The smallest absolute Gasteiger partial charge is 0.339 e. The molecule has 0 aromatic carbocycles. The first-order valence-corrected chi connectivity index (χ1v) is 12.0. The van der Waals surface area contributed by atoms with Crippen LogP contribution in [0.25, 0.3) is 11.0 Å². The molecule has 0 spiro atoms. The molecular weight excluding hydrogens is 432 g/mol. The molecular formula is C25H30N6O3. The molecule has 9 heteroatoms. The Morgan fingerprint density at radius 1 is 1.15 bits per heavy atom. The second-order valence-electron chi connectivity index (χ2n) is 9.03. The van der Waals surface area contributed by atoms with Crippen LogP contribution in [0.15, 0.2) is 24.4 Å². The molecule has 2 fully saturated rings.